The zero-order valence-electron chi connectivity index (χ0n) is 12.3. The highest BCUT2D eigenvalue weighted by molar-refractivity contribution is 7.13. The van der Waals surface area contributed by atoms with Crippen molar-refractivity contribution in [1.29, 1.82) is 5.26 Å². The first kappa shape index (κ1) is 16.8. The molecule has 0 aliphatic rings. The van der Waals surface area contributed by atoms with Crippen molar-refractivity contribution in [2.45, 2.75) is 0 Å². The largest absolute Gasteiger partial charge is 0.493 e. The van der Waals surface area contributed by atoms with Gasteiger partial charge >= 0.3 is 0 Å². The number of carbonyl (C=O) groups excluding carboxylic acids is 1. The van der Waals surface area contributed by atoms with Crippen LogP contribution in [0.4, 0.5) is 5.13 Å². The molecule has 0 radical (unpaired) electrons. The molecule has 2 rings (SSSR count). The van der Waals surface area contributed by atoms with Crippen LogP contribution in [0.1, 0.15) is 5.56 Å². The van der Waals surface area contributed by atoms with Crippen LogP contribution in [0.2, 0.25) is 5.02 Å². The van der Waals surface area contributed by atoms with Crippen molar-refractivity contribution in [1.82, 2.24) is 4.98 Å². The minimum absolute atomic E-state index is 0.0801. The summed E-state index contributed by atoms with van der Waals surface area (Å²) in [5.74, 6) is 0.245. The highest BCUT2D eigenvalue weighted by Crippen LogP contribution is 2.36. The van der Waals surface area contributed by atoms with Crippen molar-refractivity contribution in [3.63, 3.8) is 0 Å². The fourth-order valence-electron chi connectivity index (χ4n) is 1.79. The number of nitriles is 1. The molecule has 0 aliphatic heterocycles. The second kappa shape index (κ2) is 7.63. The molecule has 23 heavy (non-hydrogen) atoms. The number of anilines is 1. The molecule has 0 aliphatic carbocycles. The number of amides is 1. The molecule has 2 aromatic rings. The maximum Gasteiger partial charge on any atom is 0.268 e. The van der Waals surface area contributed by atoms with Gasteiger partial charge < -0.3 is 9.47 Å². The number of benzene rings is 1. The van der Waals surface area contributed by atoms with Gasteiger partial charge in [0.25, 0.3) is 5.91 Å². The van der Waals surface area contributed by atoms with Crippen LogP contribution in [0.15, 0.2) is 29.3 Å². The standard InChI is InChI=1S/C15H12ClN3O3S/c1-21-12-7-9(6-11(16)13(12)22-2)5-10(8-17)14(20)19-15-18-3-4-23-15/h3-7H,1-2H3,(H,18,19,20). The Morgan fingerprint density at radius 2 is 2.22 bits per heavy atom. The first-order valence-corrected chi connectivity index (χ1v) is 7.59. The highest BCUT2D eigenvalue weighted by atomic mass is 35.5. The van der Waals surface area contributed by atoms with Crippen molar-refractivity contribution in [2.24, 2.45) is 0 Å². The summed E-state index contributed by atoms with van der Waals surface area (Å²) in [6.07, 6.45) is 2.97. The van der Waals surface area contributed by atoms with Crippen LogP contribution < -0.4 is 14.8 Å². The normalized spacial score (nSPS) is 10.8. The number of halogens is 1. The van der Waals surface area contributed by atoms with Gasteiger partial charge in [0.05, 0.1) is 19.2 Å². The molecule has 1 N–H and O–H groups in total. The first-order valence-electron chi connectivity index (χ1n) is 6.33. The van der Waals surface area contributed by atoms with E-state index < -0.39 is 5.91 Å². The third-order valence-electron chi connectivity index (χ3n) is 2.78. The predicted molar refractivity (Wildman–Crippen MR) is 88.9 cm³/mol. The Labute approximate surface area is 141 Å². The SMILES string of the molecule is COc1cc(C=C(C#N)C(=O)Nc2nccs2)cc(Cl)c1OC. The number of rotatable bonds is 5. The summed E-state index contributed by atoms with van der Waals surface area (Å²) in [4.78, 5) is 16.0. The van der Waals surface area contributed by atoms with Gasteiger partial charge in [-0.1, -0.05) is 11.6 Å². The Morgan fingerprint density at radius 1 is 1.43 bits per heavy atom. The number of nitrogens with zero attached hydrogens (tertiary/aromatic N) is 2. The fraction of sp³-hybridized carbons (Fsp3) is 0.133. The molecule has 6 nitrogen and oxygen atoms in total. The summed E-state index contributed by atoms with van der Waals surface area (Å²) in [6.45, 7) is 0. The molecular formula is C15H12ClN3O3S. The topological polar surface area (TPSA) is 84.2 Å². The number of thiazole rings is 1. The molecule has 0 spiro atoms. The van der Waals surface area contributed by atoms with Gasteiger partial charge in [0, 0.05) is 11.6 Å². The third-order valence-corrected chi connectivity index (χ3v) is 3.75. The summed E-state index contributed by atoms with van der Waals surface area (Å²) >= 11 is 7.37. The van der Waals surface area contributed by atoms with E-state index in [9.17, 15) is 10.1 Å². The first-order chi connectivity index (χ1) is 11.1. The lowest BCUT2D eigenvalue weighted by atomic mass is 10.1. The molecule has 1 heterocycles. The van der Waals surface area contributed by atoms with E-state index in [1.807, 2.05) is 6.07 Å². The van der Waals surface area contributed by atoms with Gasteiger partial charge in [0.2, 0.25) is 0 Å². The van der Waals surface area contributed by atoms with E-state index in [1.54, 1.807) is 23.7 Å². The van der Waals surface area contributed by atoms with Gasteiger partial charge in [-0.2, -0.15) is 5.26 Å². The van der Waals surface area contributed by atoms with Crippen LogP contribution in [0.5, 0.6) is 11.5 Å². The van der Waals surface area contributed by atoms with Crippen LogP contribution in [0.25, 0.3) is 6.08 Å². The van der Waals surface area contributed by atoms with Crippen LogP contribution in [-0.2, 0) is 4.79 Å². The number of ether oxygens (including phenoxy) is 2. The molecular weight excluding hydrogens is 338 g/mol. The number of hydrogen-bond acceptors (Lipinski definition) is 6. The van der Waals surface area contributed by atoms with Gasteiger partial charge in [0.1, 0.15) is 11.6 Å². The average molecular weight is 350 g/mol. The number of hydrogen-bond donors (Lipinski definition) is 1. The van der Waals surface area contributed by atoms with Crippen molar-refractivity contribution in [3.05, 3.63) is 39.9 Å². The van der Waals surface area contributed by atoms with Gasteiger partial charge in [-0.05, 0) is 23.8 Å². The van der Waals surface area contributed by atoms with Crippen molar-refractivity contribution in [2.75, 3.05) is 19.5 Å². The molecule has 0 atom stereocenters. The Morgan fingerprint density at radius 3 is 2.78 bits per heavy atom. The summed E-state index contributed by atoms with van der Waals surface area (Å²) in [6, 6.07) is 5.06. The lowest BCUT2D eigenvalue weighted by molar-refractivity contribution is -0.112. The van der Waals surface area contributed by atoms with Crippen LogP contribution in [0, 0.1) is 11.3 Å². The maximum absolute atomic E-state index is 12.1. The lowest BCUT2D eigenvalue weighted by Gasteiger charge is -2.10. The third kappa shape index (κ3) is 4.00. The molecule has 118 valence electrons. The summed E-state index contributed by atoms with van der Waals surface area (Å²) in [5.41, 5.74) is 0.460. The number of carbonyl (C=O) groups is 1. The van der Waals surface area contributed by atoms with E-state index in [0.29, 0.717) is 27.2 Å². The quantitative estimate of drug-likeness (QED) is 0.661. The van der Waals surface area contributed by atoms with Gasteiger partial charge in [-0.15, -0.1) is 11.3 Å². The second-order valence-corrected chi connectivity index (χ2v) is 5.50. The minimum Gasteiger partial charge on any atom is -0.493 e. The highest BCUT2D eigenvalue weighted by Gasteiger charge is 2.14. The van der Waals surface area contributed by atoms with Crippen LogP contribution in [-0.4, -0.2) is 25.1 Å². The van der Waals surface area contributed by atoms with E-state index in [-0.39, 0.29) is 5.57 Å². The summed E-state index contributed by atoms with van der Waals surface area (Å²) in [5, 5.41) is 14.2. The molecule has 0 unspecified atom stereocenters. The number of nitrogens with one attached hydrogen (secondary N) is 1. The van der Waals surface area contributed by atoms with E-state index in [2.05, 4.69) is 10.3 Å². The monoisotopic (exact) mass is 349 g/mol. The number of aromatic nitrogens is 1. The van der Waals surface area contributed by atoms with Crippen molar-refractivity contribution < 1.29 is 14.3 Å². The van der Waals surface area contributed by atoms with E-state index in [1.165, 1.54) is 31.6 Å². The molecule has 0 bridgehead atoms. The molecule has 1 aromatic heterocycles. The molecule has 0 saturated heterocycles. The summed E-state index contributed by atoms with van der Waals surface area (Å²) < 4.78 is 10.3. The molecule has 1 amide bonds. The maximum atomic E-state index is 12.1. The molecule has 1 aromatic carbocycles. The summed E-state index contributed by atoms with van der Waals surface area (Å²) in [7, 11) is 2.95. The van der Waals surface area contributed by atoms with E-state index >= 15 is 0 Å². The second-order valence-electron chi connectivity index (χ2n) is 4.20. The lowest BCUT2D eigenvalue weighted by Crippen LogP contribution is -2.13. The zero-order valence-corrected chi connectivity index (χ0v) is 13.9. The Bertz CT molecular complexity index is 782. The van der Waals surface area contributed by atoms with Crippen LogP contribution in [0.3, 0.4) is 0 Å². The van der Waals surface area contributed by atoms with E-state index in [4.69, 9.17) is 21.1 Å². The van der Waals surface area contributed by atoms with Gasteiger partial charge in [-0.3, -0.25) is 10.1 Å². The fourth-order valence-corrected chi connectivity index (χ4v) is 2.61. The van der Waals surface area contributed by atoms with Crippen molar-refractivity contribution >= 4 is 40.1 Å². The minimum atomic E-state index is -0.548. The van der Waals surface area contributed by atoms with Crippen LogP contribution >= 0.6 is 22.9 Å². The van der Waals surface area contributed by atoms with Crippen molar-refractivity contribution in [3.8, 4) is 17.6 Å². The molecule has 0 fully saturated rings. The van der Waals surface area contributed by atoms with Gasteiger partial charge in [-0.25, -0.2) is 4.98 Å². The smallest absolute Gasteiger partial charge is 0.268 e. The van der Waals surface area contributed by atoms with Gasteiger partial charge in [0.15, 0.2) is 16.6 Å². The Hall–Kier alpha value is -2.56. The predicted octanol–water partition coefficient (Wildman–Crippen LogP) is 3.36. The zero-order chi connectivity index (χ0) is 16.8. The Balaban J connectivity index is 2.32. The average Bonchev–Trinajstić information content (AvgIpc) is 3.04. The van der Waals surface area contributed by atoms with E-state index in [0.717, 1.165) is 0 Å². The number of methoxy groups -OCH3 is 2. The Kier molecular flexibility index (Phi) is 5.57. The molecule has 8 heteroatoms. The molecule has 0 saturated carbocycles.